The number of rotatable bonds is 9. The Hall–Kier alpha value is -3.22. The van der Waals surface area contributed by atoms with Crippen LogP contribution in [0.15, 0.2) is 95.4 Å². The van der Waals surface area contributed by atoms with Crippen LogP contribution in [-0.4, -0.2) is 49.7 Å². The molecule has 1 heterocycles. The average molecular weight is 571 g/mol. The Kier molecular flexibility index (Phi) is 9.73. The first-order valence-electron chi connectivity index (χ1n) is 15.1. The molecule has 0 unspecified atom stereocenters. The van der Waals surface area contributed by atoms with Gasteiger partial charge in [-0.05, 0) is 67.3 Å². The van der Waals surface area contributed by atoms with Crippen molar-refractivity contribution in [3.63, 3.8) is 0 Å². The molecule has 41 heavy (non-hydrogen) atoms. The molecular formula is C35H42N2O3S. The van der Waals surface area contributed by atoms with Crippen molar-refractivity contribution in [3.8, 4) is 11.1 Å². The molecule has 1 saturated heterocycles. The molecule has 216 valence electrons. The summed E-state index contributed by atoms with van der Waals surface area (Å²) in [7, 11) is -3.59. The fourth-order valence-electron chi connectivity index (χ4n) is 6.28. The van der Waals surface area contributed by atoms with Crippen LogP contribution in [0, 0.1) is 11.8 Å². The van der Waals surface area contributed by atoms with E-state index >= 15 is 0 Å². The highest BCUT2D eigenvalue weighted by Gasteiger charge is 2.32. The molecule has 1 amide bonds. The number of benzene rings is 3. The molecule has 0 spiro atoms. The second kappa shape index (κ2) is 13.6. The van der Waals surface area contributed by atoms with Crippen molar-refractivity contribution in [1.82, 2.24) is 9.21 Å². The number of piperidine rings is 1. The van der Waals surface area contributed by atoms with Crippen molar-refractivity contribution >= 4 is 22.0 Å². The third kappa shape index (κ3) is 7.55. The van der Waals surface area contributed by atoms with Crippen molar-refractivity contribution in [2.75, 3.05) is 26.2 Å². The minimum atomic E-state index is -3.59. The number of amides is 1. The van der Waals surface area contributed by atoms with Crippen LogP contribution < -0.4 is 0 Å². The van der Waals surface area contributed by atoms with Crippen LogP contribution in [0.3, 0.4) is 0 Å². The summed E-state index contributed by atoms with van der Waals surface area (Å²) in [5.74, 6) is 0.679. The van der Waals surface area contributed by atoms with E-state index in [2.05, 4.69) is 30.0 Å². The first-order valence-corrected chi connectivity index (χ1v) is 16.5. The second-order valence-electron chi connectivity index (χ2n) is 11.7. The molecule has 2 fully saturated rings. The van der Waals surface area contributed by atoms with E-state index in [9.17, 15) is 13.2 Å². The summed E-state index contributed by atoms with van der Waals surface area (Å²) in [4.78, 5) is 16.1. The molecule has 6 heteroatoms. The smallest absolute Gasteiger partial charge is 0.243 e. The predicted molar refractivity (Wildman–Crippen MR) is 167 cm³/mol. The average Bonchev–Trinajstić information content (AvgIpc) is 3.02. The summed E-state index contributed by atoms with van der Waals surface area (Å²) in [6, 6.07) is 27.4. The maximum atomic E-state index is 13.7. The van der Waals surface area contributed by atoms with Crippen molar-refractivity contribution in [2.24, 2.45) is 11.8 Å². The Bertz CT molecular complexity index is 1420. The lowest BCUT2D eigenvalue weighted by atomic mass is 9.87. The third-order valence-electron chi connectivity index (χ3n) is 8.55. The van der Waals surface area contributed by atoms with Gasteiger partial charge in [0.1, 0.15) is 0 Å². The van der Waals surface area contributed by atoms with Gasteiger partial charge in [0.25, 0.3) is 0 Å². The number of hydrogen-bond donors (Lipinski definition) is 0. The van der Waals surface area contributed by atoms with Crippen molar-refractivity contribution in [2.45, 2.75) is 56.8 Å². The Morgan fingerprint density at radius 1 is 0.829 bits per heavy atom. The summed E-state index contributed by atoms with van der Waals surface area (Å²) in [6.07, 6.45) is 9.12. The number of nitrogens with zero attached hydrogens (tertiary/aromatic N) is 2. The SMILES string of the molecule is C/C(=C\c1ccccc1)CN(CC1CCN(S(=O)(=O)c2cccc(-c3ccccc3)c2)CC1)C(=O)C1CCCCC1. The predicted octanol–water partition coefficient (Wildman–Crippen LogP) is 7.27. The molecule has 0 N–H and O–H groups in total. The number of hydrogen-bond acceptors (Lipinski definition) is 3. The van der Waals surface area contributed by atoms with Gasteiger partial charge >= 0.3 is 0 Å². The van der Waals surface area contributed by atoms with Crippen LogP contribution >= 0.6 is 0 Å². The highest BCUT2D eigenvalue weighted by molar-refractivity contribution is 7.89. The van der Waals surface area contributed by atoms with Crippen LogP contribution in [0.4, 0.5) is 0 Å². The molecule has 1 aliphatic carbocycles. The largest absolute Gasteiger partial charge is 0.338 e. The van der Waals surface area contributed by atoms with Crippen LogP contribution in [-0.2, 0) is 14.8 Å². The lowest BCUT2D eigenvalue weighted by molar-refractivity contribution is -0.137. The highest BCUT2D eigenvalue weighted by atomic mass is 32.2. The summed E-state index contributed by atoms with van der Waals surface area (Å²) < 4.78 is 28.8. The lowest BCUT2D eigenvalue weighted by Crippen LogP contribution is -2.45. The van der Waals surface area contributed by atoms with Gasteiger partial charge in [-0.15, -0.1) is 0 Å². The molecule has 3 aromatic carbocycles. The van der Waals surface area contributed by atoms with Crippen LogP contribution in [0.5, 0.6) is 0 Å². The summed E-state index contributed by atoms with van der Waals surface area (Å²) in [6.45, 7) is 4.37. The number of carbonyl (C=O) groups is 1. The van der Waals surface area contributed by atoms with Gasteiger partial charge in [0.05, 0.1) is 4.90 Å². The zero-order chi connectivity index (χ0) is 28.7. The number of carbonyl (C=O) groups excluding carboxylic acids is 1. The molecule has 1 aliphatic heterocycles. The van der Waals surface area contributed by atoms with E-state index in [0.29, 0.717) is 31.1 Å². The first-order chi connectivity index (χ1) is 19.9. The molecule has 2 aliphatic rings. The zero-order valence-corrected chi connectivity index (χ0v) is 24.9. The number of sulfonamides is 1. The molecule has 1 saturated carbocycles. The van der Waals surface area contributed by atoms with E-state index in [4.69, 9.17) is 0 Å². The minimum Gasteiger partial charge on any atom is -0.338 e. The normalized spacial score (nSPS) is 17.8. The van der Waals surface area contributed by atoms with E-state index in [1.807, 2.05) is 60.7 Å². The summed E-state index contributed by atoms with van der Waals surface area (Å²) in [5.41, 5.74) is 4.21. The van der Waals surface area contributed by atoms with Gasteiger partial charge in [-0.25, -0.2) is 8.42 Å². The topological polar surface area (TPSA) is 57.7 Å². The summed E-state index contributed by atoms with van der Waals surface area (Å²) >= 11 is 0. The maximum absolute atomic E-state index is 13.7. The van der Waals surface area contributed by atoms with E-state index in [-0.39, 0.29) is 17.7 Å². The lowest BCUT2D eigenvalue weighted by Gasteiger charge is -2.36. The monoisotopic (exact) mass is 570 g/mol. The molecule has 5 rings (SSSR count). The van der Waals surface area contributed by atoms with Crippen LogP contribution in [0.25, 0.3) is 17.2 Å². The van der Waals surface area contributed by atoms with E-state index < -0.39 is 10.0 Å². The van der Waals surface area contributed by atoms with Gasteiger partial charge in [-0.3, -0.25) is 4.79 Å². The fraction of sp³-hybridized carbons (Fsp3) is 0.400. The Labute approximate surface area is 245 Å². The Balaban J connectivity index is 1.25. The molecular weight excluding hydrogens is 528 g/mol. The molecule has 0 atom stereocenters. The minimum absolute atomic E-state index is 0.116. The maximum Gasteiger partial charge on any atom is 0.243 e. The van der Waals surface area contributed by atoms with Gasteiger partial charge in [0.15, 0.2) is 0 Å². The second-order valence-corrected chi connectivity index (χ2v) is 13.6. The van der Waals surface area contributed by atoms with Crippen molar-refractivity contribution in [1.29, 1.82) is 0 Å². The Morgan fingerprint density at radius 2 is 1.46 bits per heavy atom. The van der Waals surface area contributed by atoms with Gasteiger partial charge in [0.2, 0.25) is 15.9 Å². The summed E-state index contributed by atoms with van der Waals surface area (Å²) in [5, 5.41) is 0. The van der Waals surface area contributed by atoms with Crippen LogP contribution in [0.2, 0.25) is 0 Å². The van der Waals surface area contributed by atoms with Crippen molar-refractivity contribution < 1.29 is 13.2 Å². The van der Waals surface area contributed by atoms with Crippen molar-refractivity contribution in [3.05, 3.63) is 96.1 Å². The van der Waals surface area contributed by atoms with E-state index in [1.165, 1.54) is 12.0 Å². The zero-order valence-electron chi connectivity index (χ0n) is 24.1. The van der Waals surface area contributed by atoms with E-state index in [1.54, 1.807) is 16.4 Å². The van der Waals surface area contributed by atoms with Gasteiger partial charge in [-0.2, -0.15) is 4.31 Å². The quantitative estimate of drug-likeness (QED) is 0.272. The van der Waals surface area contributed by atoms with Gasteiger partial charge < -0.3 is 4.90 Å². The fourth-order valence-corrected chi connectivity index (χ4v) is 7.80. The molecule has 0 aromatic heterocycles. The molecule has 5 nitrogen and oxygen atoms in total. The Morgan fingerprint density at radius 3 is 2.15 bits per heavy atom. The third-order valence-corrected chi connectivity index (χ3v) is 10.4. The molecule has 0 bridgehead atoms. The van der Waals surface area contributed by atoms with E-state index in [0.717, 1.165) is 55.2 Å². The van der Waals surface area contributed by atoms with Crippen LogP contribution in [0.1, 0.15) is 57.4 Å². The molecule has 3 aromatic rings. The molecule has 0 radical (unpaired) electrons. The standard InChI is InChI=1S/C35H42N2O3S/c1-28(24-29-12-5-2-6-13-29)26-36(35(38)32-16-9-4-10-17-32)27-30-20-22-37(23-21-30)41(39,40)34-19-11-18-33(25-34)31-14-7-3-8-15-31/h2-3,5-8,11-15,18-19,24-25,30,32H,4,9-10,16-17,20-23,26-27H2,1H3/b28-24+. The first kappa shape index (κ1) is 29.3. The van der Waals surface area contributed by atoms with Gasteiger partial charge in [-0.1, -0.05) is 104 Å². The van der Waals surface area contributed by atoms with Gasteiger partial charge in [0, 0.05) is 32.1 Å². The highest BCUT2D eigenvalue weighted by Crippen LogP contribution is 2.30.